The number of methoxy groups -OCH3 is 1. The lowest BCUT2D eigenvalue weighted by molar-refractivity contribution is 0.112. The first-order valence-electron chi connectivity index (χ1n) is 9.59. The van der Waals surface area contributed by atoms with E-state index in [0.29, 0.717) is 12.2 Å². The standard InChI is InChI=1S/C22H25N3O3S/c1-3-25-21(15-17-5-9-19(27-2)10-6-17)23-24-22(25)29-14-4-13-28-20-11-7-18(16-26)8-12-20/h5-12,16H,3-4,13-15H2,1-2H3. The smallest absolute Gasteiger partial charge is 0.191 e. The zero-order valence-corrected chi connectivity index (χ0v) is 17.5. The maximum Gasteiger partial charge on any atom is 0.191 e. The van der Waals surface area contributed by atoms with Gasteiger partial charge in [-0.1, -0.05) is 23.9 Å². The summed E-state index contributed by atoms with van der Waals surface area (Å²) in [5.41, 5.74) is 1.83. The zero-order valence-electron chi connectivity index (χ0n) is 16.7. The number of carbonyl (C=O) groups is 1. The minimum atomic E-state index is 0.617. The van der Waals surface area contributed by atoms with Crippen LogP contribution in [0.5, 0.6) is 11.5 Å². The topological polar surface area (TPSA) is 66.2 Å². The molecule has 0 atom stereocenters. The van der Waals surface area contributed by atoms with Gasteiger partial charge in [0.2, 0.25) is 0 Å². The summed E-state index contributed by atoms with van der Waals surface area (Å²) in [6, 6.07) is 15.2. The van der Waals surface area contributed by atoms with Gasteiger partial charge in [-0.3, -0.25) is 4.79 Å². The van der Waals surface area contributed by atoms with Gasteiger partial charge in [0.05, 0.1) is 13.7 Å². The largest absolute Gasteiger partial charge is 0.497 e. The van der Waals surface area contributed by atoms with E-state index in [1.807, 2.05) is 24.3 Å². The summed E-state index contributed by atoms with van der Waals surface area (Å²) in [7, 11) is 1.67. The third-order valence-electron chi connectivity index (χ3n) is 4.44. The molecule has 1 aromatic heterocycles. The van der Waals surface area contributed by atoms with E-state index >= 15 is 0 Å². The molecule has 0 aliphatic rings. The molecule has 29 heavy (non-hydrogen) atoms. The number of hydrogen-bond acceptors (Lipinski definition) is 6. The van der Waals surface area contributed by atoms with Gasteiger partial charge in [-0.05, 0) is 55.3 Å². The second-order valence-corrected chi connectivity index (χ2v) is 7.47. The molecular formula is C22H25N3O3S. The second kappa shape index (κ2) is 10.7. The lowest BCUT2D eigenvalue weighted by atomic mass is 10.1. The van der Waals surface area contributed by atoms with E-state index in [1.165, 1.54) is 5.56 Å². The van der Waals surface area contributed by atoms with Crippen molar-refractivity contribution in [1.82, 2.24) is 14.8 Å². The third-order valence-corrected chi connectivity index (χ3v) is 5.49. The molecule has 0 amide bonds. The number of aromatic nitrogens is 3. The predicted octanol–water partition coefficient (Wildman–Crippen LogP) is 4.27. The molecule has 3 rings (SSSR count). The molecule has 0 aliphatic carbocycles. The van der Waals surface area contributed by atoms with Crippen molar-refractivity contribution in [3.63, 3.8) is 0 Å². The molecule has 6 nitrogen and oxygen atoms in total. The molecule has 152 valence electrons. The minimum Gasteiger partial charge on any atom is -0.497 e. The molecule has 0 bridgehead atoms. The summed E-state index contributed by atoms with van der Waals surface area (Å²) < 4.78 is 13.1. The maximum atomic E-state index is 10.7. The Morgan fingerprint density at radius 2 is 1.76 bits per heavy atom. The highest BCUT2D eigenvalue weighted by molar-refractivity contribution is 7.99. The fourth-order valence-electron chi connectivity index (χ4n) is 2.86. The Bertz CT molecular complexity index is 908. The number of thioether (sulfide) groups is 1. The molecule has 0 aliphatic heterocycles. The molecule has 1 heterocycles. The van der Waals surface area contributed by atoms with Crippen molar-refractivity contribution in [2.45, 2.75) is 31.5 Å². The van der Waals surface area contributed by atoms with Crippen molar-refractivity contribution in [3.8, 4) is 11.5 Å². The molecule has 0 saturated heterocycles. The highest BCUT2D eigenvalue weighted by atomic mass is 32.2. The number of rotatable bonds is 11. The normalized spacial score (nSPS) is 10.7. The Hall–Kier alpha value is -2.80. The van der Waals surface area contributed by atoms with Gasteiger partial charge in [-0.2, -0.15) is 0 Å². The van der Waals surface area contributed by atoms with Crippen molar-refractivity contribution in [2.75, 3.05) is 19.5 Å². The molecule has 2 aromatic carbocycles. The molecule has 0 spiro atoms. The van der Waals surface area contributed by atoms with E-state index in [0.717, 1.165) is 53.9 Å². The molecular weight excluding hydrogens is 386 g/mol. The molecule has 0 saturated carbocycles. The minimum absolute atomic E-state index is 0.617. The SMILES string of the molecule is CCn1c(Cc2ccc(OC)cc2)nnc1SCCCOc1ccc(C=O)cc1. The number of carbonyl (C=O) groups excluding carboxylic acids is 1. The Morgan fingerprint density at radius 3 is 2.41 bits per heavy atom. The predicted molar refractivity (Wildman–Crippen MR) is 114 cm³/mol. The quantitative estimate of drug-likeness (QED) is 0.267. The number of nitrogens with zero attached hydrogens (tertiary/aromatic N) is 3. The Labute approximate surface area is 175 Å². The summed E-state index contributed by atoms with van der Waals surface area (Å²) in [5, 5.41) is 9.69. The van der Waals surface area contributed by atoms with Crippen LogP contribution in [0.3, 0.4) is 0 Å². The van der Waals surface area contributed by atoms with Crippen LogP contribution in [0.15, 0.2) is 53.7 Å². The molecule has 3 aromatic rings. The van der Waals surface area contributed by atoms with Crippen molar-refractivity contribution in [1.29, 1.82) is 0 Å². The first-order valence-corrected chi connectivity index (χ1v) is 10.6. The summed E-state index contributed by atoms with van der Waals surface area (Å²) in [5.74, 6) is 3.49. The highest BCUT2D eigenvalue weighted by Crippen LogP contribution is 2.21. The van der Waals surface area contributed by atoms with Crippen LogP contribution in [-0.4, -0.2) is 40.5 Å². The van der Waals surface area contributed by atoms with E-state index in [1.54, 1.807) is 31.0 Å². The Kier molecular flexibility index (Phi) is 7.69. The van der Waals surface area contributed by atoms with E-state index in [4.69, 9.17) is 9.47 Å². The molecule has 0 radical (unpaired) electrons. The maximum absolute atomic E-state index is 10.7. The van der Waals surface area contributed by atoms with Gasteiger partial charge in [-0.25, -0.2) is 0 Å². The van der Waals surface area contributed by atoms with Crippen molar-refractivity contribution >= 4 is 18.0 Å². The summed E-state index contributed by atoms with van der Waals surface area (Å²) >= 11 is 1.69. The summed E-state index contributed by atoms with van der Waals surface area (Å²) in [6.07, 6.45) is 2.46. The van der Waals surface area contributed by atoms with Crippen LogP contribution in [0.2, 0.25) is 0 Å². The van der Waals surface area contributed by atoms with E-state index in [-0.39, 0.29) is 0 Å². The van der Waals surface area contributed by atoms with Crippen molar-refractivity contribution in [2.24, 2.45) is 0 Å². The third kappa shape index (κ3) is 5.84. The van der Waals surface area contributed by atoms with Crippen LogP contribution in [0.25, 0.3) is 0 Å². The molecule has 0 unspecified atom stereocenters. The molecule has 0 N–H and O–H groups in total. The van der Waals surface area contributed by atoms with Crippen LogP contribution in [0.1, 0.15) is 35.1 Å². The van der Waals surface area contributed by atoms with Gasteiger partial charge in [0.25, 0.3) is 0 Å². The van der Waals surface area contributed by atoms with Gasteiger partial charge in [0, 0.05) is 24.3 Å². The van der Waals surface area contributed by atoms with Gasteiger partial charge in [0.15, 0.2) is 5.16 Å². The van der Waals surface area contributed by atoms with Crippen molar-refractivity contribution in [3.05, 3.63) is 65.5 Å². The average molecular weight is 412 g/mol. The fourth-order valence-corrected chi connectivity index (χ4v) is 3.79. The number of aldehydes is 1. The van der Waals surface area contributed by atoms with Gasteiger partial charge in [0.1, 0.15) is 23.6 Å². The monoisotopic (exact) mass is 411 g/mol. The first kappa shape index (κ1) is 20.9. The van der Waals surface area contributed by atoms with Crippen molar-refractivity contribution < 1.29 is 14.3 Å². The highest BCUT2D eigenvalue weighted by Gasteiger charge is 2.12. The van der Waals surface area contributed by atoms with Crippen LogP contribution < -0.4 is 9.47 Å². The van der Waals surface area contributed by atoms with E-state index in [2.05, 4.69) is 33.8 Å². The lowest BCUT2D eigenvalue weighted by Gasteiger charge is -2.08. The van der Waals surface area contributed by atoms with Gasteiger partial charge in [-0.15, -0.1) is 10.2 Å². The van der Waals surface area contributed by atoms with Crippen LogP contribution in [0.4, 0.5) is 0 Å². The Morgan fingerprint density at radius 1 is 1.03 bits per heavy atom. The number of ether oxygens (including phenoxy) is 2. The second-order valence-electron chi connectivity index (χ2n) is 6.41. The fraction of sp³-hybridized carbons (Fsp3) is 0.318. The molecule has 0 fully saturated rings. The summed E-state index contributed by atoms with van der Waals surface area (Å²) in [4.78, 5) is 10.7. The van der Waals surface area contributed by atoms with Gasteiger partial charge < -0.3 is 14.0 Å². The lowest BCUT2D eigenvalue weighted by Crippen LogP contribution is -2.05. The summed E-state index contributed by atoms with van der Waals surface area (Å²) in [6.45, 7) is 3.56. The van der Waals surface area contributed by atoms with Crippen LogP contribution in [0, 0.1) is 0 Å². The zero-order chi connectivity index (χ0) is 20.5. The number of benzene rings is 2. The van der Waals surface area contributed by atoms with Crippen LogP contribution in [-0.2, 0) is 13.0 Å². The van der Waals surface area contributed by atoms with E-state index in [9.17, 15) is 4.79 Å². The molecule has 7 heteroatoms. The van der Waals surface area contributed by atoms with E-state index < -0.39 is 0 Å². The Balaban J connectivity index is 1.48. The van der Waals surface area contributed by atoms with Gasteiger partial charge >= 0.3 is 0 Å². The first-order chi connectivity index (χ1) is 14.2. The van der Waals surface area contributed by atoms with Crippen LogP contribution >= 0.6 is 11.8 Å². The average Bonchev–Trinajstić information content (AvgIpc) is 3.15. The number of hydrogen-bond donors (Lipinski definition) is 0.